The van der Waals surface area contributed by atoms with E-state index < -0.39 is 0 Å². The topological polar surface area (TPSA) is 32.3 Å². The van der Waals surface area contributed by atoms with Crippen LogP contribution in [0.15, 0.2) is 48.5 Å². The summed E-state index contributed by atoms with van der Waals surface area (Å²) in [5.74, 6) is 0.0858. The number of anilines is 1. The average molecular weight is 331 g/mol. The summed E-state index contributed by atoms with van der Waals surface area (Å²) in [4.78, 5) is 14.4. The average Bonchev–Trinajstić information content (AvgIpc) is 2.55. The molecule has 0 radical (unpaired) electrons. The van der Waals surface area contributed by atoms with Gasteiger partial charge in [-0.1, -0.05) is 42.0 Å². The lowest BCUT2D eigenvalue weighted by atomic mass is 10.00. The lowest BCUT2D eigenvalue weighted by Gasteiger charge is -2.28. The number of fused-ring (bicyclic) bond motifs is 1. The molecule has 0 aliphatic carbocycles. The quantitative estimate of drug-likeness (QED) is 0.885. The van der Waals surface area contributed by atoms with Gasteiger partial charge < -0.3 is 17.7 Å². The smallest absolute Gasteiger partial charge is 1.00 e. The molecule has 23 heavy (non-hydrogen) atoms. The predicted molar refractivity (Wildman–Crippen MR) is 91.0 cm³/mol. The highest BCUT2D eigenvalue weighted by Gasteiger charge is 2.16. The summed E-state index contributed by atoms with van der Waals surface area (Å²) < 4.78 is 0. The molecule has 4 heteroatoms. The van der Waals surface area contributed by atoms with Gasteiger partial charge in [0.25, 0.3) is 0 Å². The number of carbonyl (C=O) groups excluding carboxylic acids is 1. The minimum absolute atomic E-state index is 0. The van der Waals surface area contributed by atoms with Crippen molar-refractivity contribution < 1.29 is 18.6 Å². The van der Waals surface area contributed by atoms with Gasteiger partial charge in [-0.2, -0.15) is 0 Å². The molecule has 1 heterocycles. The fourth-order valence-electron chi connectivity index (χ4n) is 2.87. The summed E-state index contributed by atoms with van der Waals surface area (Å²) in [6, 6.07) is 16.5. The van der Waals surface area contributed by atoms with Gasteiger partial charge in [0.15, 0.2) is 0 Å². The molecule has 3 rings (SSSR count). The Morgan fingerprint density at radius 2 is 1.83 bits per heavy atom. The Hall–Kier alpha value is -1.84. The third-order valence-corrected chi connectivity index (χ3v) is 4.20. The van der Waals surface area contributed by atoms with Crippen molar-refractivity contribution in [3.63, 3.8) is 0 Å². The third kappa shape index (κ3) is 4.81. The van der Waals surface area contributed by atoms with Crippen LogP contribution in [-0.2, 0) is 17.8 Å². The highest BCUT2D eigenvalue weighted by atomic mass is 35.5. The molecule has 1 aliphatic heterocycles. The van der Waals surface area contributed by atoms with Crippen LogP contribution >= 0.6 is 0 Å². The van der Waals surface area contributed by atoms with Crippen LogP contribution < -0.4 is 17.7 Å². The zero-order chi connectivity index (χ0) is 15.4. The van der Waals surface area contributed by atoms with Crippen LogP contribution in [0.1, 0.15) is 24.5 Å². The first kappa shape index (κ1) is 17.5. The Morgan fingerprint density at radius 1 is 1.13 bits per heavy atom. The second-order valence-corrected chi connectivity index (χ2v) is 5.96. The van der Waals surface area contributed by atoms with Gasteiger partial charge in [-0.25, -0.2) is 0 Å². The maximum atomic E-state index is 12.0. The van der Waals surface area contributed by atoms with E-state index in [1.165, 1.54) is 16.7 Å². The fraction of sp³-hybridized carbons (Fsp3) is 0.316. The molecule has 1 amide bonds. The minimum Gasteiger partial charge on any atom is -1.00 e. The van der Waals surface area contributed by atoms with E-state index in [-0.39, 0.29) is 19.7 Å². The van der Waals surface area contributed by atoms with E-state index in [1.54, 1.807) is 0 Å². The first-order chi connectivity index (χ1) is 10.7. The van der Waals surface area contributed by atoms with Crippen LogP contribution in [0.25, 0.3) is 0 Å². The molecule has 2 aromatic carbocycles. The molecular formula is C19H23ClN2O. The van der Waals surface area contributed by atoms with Gasteiger partial charge in [0.05, 0.1) is 0 Å². The number of halogens is 1. The minimum atomic E-state index is 0. The summed E-state index contributed by atoms with van der Waals surface area (Å²) in [6.45, 7) is 4.84. The van der Waals surface area contributed by atoms with Gasteiger partial charge in [-0.3, -0.25) is 9.69 Å². The van der Waals surface area contributed by atoms with E-state index in [2.05, 4.69) is 34.5 Å². The Labute approximate surface area is 145 Å². The summed E-state index contributed by atoms with van der Waals surface area (Å²) >= 11 is 0. The highest BCUT2D eigenvalue weighted by Crippen LogP contribution is 2.18. The molecule has 122 valence electrons. The Balaban J connectivity index is 0.00000144. The number of rotatable bonds is 4. The number of aryl methyl sites for hydroxylation is 1. The Kier molecular flexibility index (Phi) is 6.20. The van der Waals surface area contributed by atoms with E-state index in [4.69, 9.17) is 0 Å². The van der Waals surface area contributed by atoms with Gasteiger partial charge in [-0.05, 0) is 36.6 Å². The molecule has 0 saturated heterocycles. The van der Waals surface area contributed by atoms with E-state index >= 15 is 0 Å². The SMILES string of the molecule is Cc1ccc(NC(=O)CCN2CCc3ccccc3C2)cc1.[Cl-].[H+]. The van der Waals surface area contributed by atoms with Crippen molar-refractivity contribution in [3.05, 3.63) is 65.2 Å². The maximum Gasteiger partial charge on any atom is 1.00 e. The first-order valence-electron chi connectivity index (χ1n) is 7.86. The lowest BCUT2D eigenvalue weighted by Crippen LogP contribution is -3.00. The molecule has 0 spiro atoms. The van der Waals surface area contributed by atoms with Crippen molar-refractivity contribution in [2.24, 2.45) is 0 Å². The predicted octanol–water partition coefficient (Wildman–Crippen LogP) is 0.498. The molecule has 3 nitrogen and oxygen atoms in total. The van der Waals surface area contributed by atoms with Crippen molar-refractivity contribution in [2.45, 2.75) is 26.3 Å². The number of hydrogen-bond donors (Lipinski definition) is 1. The molecule has 0 bridgehead atoms. The molecule has 0 saturated carbocycles. The van der Waals surface area contributed by atoms with Crippen LogP contribution in [0.3, 0.4) is 0 Å². The van der Waals surface area contributed by atoms with E-state index in [0.29, 0.717) is 6.42 Å². The van der Waals surface area contributed by atoms with Crippen molar-refractivity contribution in [2.75, 3.05) is 18.4 Å². The van der Waals surface area contributed by atoms with E-state index in [9.17, 15) is 4.79 Å². The number of carbonyl (C=O) groups is 1. The van der Waals surface area contributed by atoms with Gasteiger partial charge in [-0.15, -0.1) is 0 Å². The molecule has 1 N–H and O–H groups in total. The van der Waals surface area contributed by atoms with Gasteiger partial charge >= 0.3 is 1.43 Å². The number of nitrogens with zero attached hydrogens (tertiary/aromatic N) is 1. The molecular weight excluding hydrogens is 308 g/mol. The standard InChI is InChI=1S/C19H22N2O.ClH/c1-15-6-8-18(9-7-15)20-19(22)11-13-21-12-10-16-4-2-3-5-17(16)14-21;/h2-9H,10-14H2,1H3,(H,20,22);1H. The molecule has 2 aromatic rings. The molecule has 0 atom stereocenters. The Bertz CT molecular complexity index is 661. The van der Waals surface area contributed by atoms with Crippen LogP contribution in [0.5, 0.6) is 0 Å². The van der Waals surface area contributed by atoms with Gasteiger partial charge in [0, 0.05) is 31.7 Å². The number of hydrogen-bond acceptors (Lipinski definition) is 2. The Morgan fingerprint density at radius 3 is 2.57 bits per heavy atom. The zero-order valence-electron chi connectivity index (χ0n) is 14.4. The zero-order valence-corrected chi connectivity index (χ0v) is 14.1. The van der Waals surface area contributed by atoms with Gasteiger partial charge in [0.2, 0.25) is 5.91 Å². The normalized spacial score (nSPS) is 13.8. The molecule has 0 fully saturated rings. The van der Waals surface area contributed by atoms with Crippen LogP contribution in [0.4, 0.5) is 5.69 Å². The molecule has 0 unspecified atom stereocenters. The number of benzene rings is 2. The van der Waals surface area contributed by atoms with Crippen molar-refractivity contribution >= 4 is 11.6 Å². The summed E-state index contributed by atoms with van der Waals surface area (Å²) in [6.07, 6.45) is 1.62. The second kappa shape index (κ2) is 8.14. The van der Waals surface area contributed by atoms with E-state index in [0.717, 1.165) is 31.7 Å². The van der Waals surface area contributed by atoms with Crippen molar-refractivity contribution in [1.29, 1.82) is 0 Å². The monoisotopic (exact) mass is 330 g/mol. The van der Waals surface area contributed by atoms with Crippen molar-refractivity contribution in [1.82, 2.24) is 4.90 Å². The summed E-state index contributed by atoms with van der Waals surface area (Å²) in [5, 5.41) is 2.96. The van der Waals surface area contributed by atoms with Gasteiger partial charge in [0.1, 0.15) is 0 Å². The maximum absolute atomic E-state index is 12.0. The fourth-order valence-corrected chi connectivity index (χ4v) is 2.87. The lowest BCUT2D eigenvalue weighted by molar-refractivity contribution is -0.116. The summed E-state index contributed by atoms with van der Waals surface area (Å²) in [7, 11) is 0. The van der Waals surface area contributed by atoms with E-state index in [1.807, 2.05) is 31.2 Å². The third-order valence-electron chi connectivity index (χ3n) is 4.20. The number of amides is 1. The number of nitrogens with one attached hydrogen (secondary N) is 1. The van der Waals surface area contributed by atoms with Crippen molar-refractivity contribution in [3.8, 4) is 0 Å². The highest BCUT2D eigenvalue weighted by molar-refractivity contribution is 5.90. The molecule has 0 aromatic heterocycles. The largest absolute Gasteiger partial charge is 1.00 e. The van der Waals surface area contributed by atoms with Crippen LogP contribution in [0.2, 0.25) is 0 Å². The summed E-state index contributed by atoms with van der Waals surface area (Å²) in [5.41, 5.74) is 4.92. The molecule has 1 aliphatic rings. The second-order valence-electron chi connectivity index (χ2n) is 5.96. The van der Waals surface area contributed by atoms with Crippen LogP contribution in [-0.4, -0.2) is 23.9 Å². The van der Waals surface area contributed by atoms with Crippen LogP contribution in [0, 0.1) is 6.92 Å². The first-order valence-corrected chi connectivity index (χ1v) is 7.86.